The molecule has 0 bridgehead atoms. The van der Waals surface area contributed by atoms with Crippen molar-refractivity contribution in [3.8, 4) is 0 Å². The first-order chi connectivity index (χ1) is 21.4. The Morgan fingerprint density at radius 1 is 0.365 bits per heavy atom. The molecule has 0 aromatic rings. The zero-order chi connectivity index (χ0) is 41.5. The van der Waals surface area contributed by atoms with Crippen molar-refractivity contribution in [3.63, 3.8) is 0 Å². The van der Waals surface area contributed by atoms with Crippen molar-refractivity contribution in [1.82, 2.24) is 0 Å². The van der Waals surface area contributed by atoms with Crippen molar-refractivity contribution < 1.29 is 200 Å². The Morgan fingerprint density at radius 3 is 0.481 bits per heavy atom. The average molecular weight is 776 g/mol. The second-order valence-electron chi connectivity index (χ2n) is 6.65. The minimum Gasteiger partial charge on any atom is -0.907 e. The summed E-state index contributed by atoms with van der Waals surface area (Å²) in [5.41, 5.74) is 0. The molecule has 0 rings (SSSR count). The van der Waals surface area contributed by atoms with E-state index in [4.69, 9.17) is 89.8 Å². The molecule has 0 aromatic heterocycles. The topological polar surface area (TPSA) is 405 Å². The van der Waals surface area contributed by atoms with E-state index in [2.05, 4.69) is 0 Å². The third-order valence-corrected chi connectivity index (χ3v) is 2.42. The maximum atomic E-state index is 11.2. The molecule has 0 spiro atoms. The molecule has 52 heavy (non-hydrogen) atoms. The van der Waals surface area contributed by atoms with Crippen LogP contribution < -0.4 is 71.7 Å². The fraction of sp³-hybridized carbons (Fsp3) is 0.500. The third-order valence-electron chi connectivity index (χ3n) is 2.42. The summed E-state index contributed by atoms with van der Waals surface area (Å²) in [7, 11) is -2.92. The van der Waals surface area contributed by atoms with Crippen LogP contribution in [0.3, 0.4) is 0 Å². The van der Waals surface area contributed by atoms with Crippen molar-refractivity contribution >= 4 is 61.0 Å². The van der Waals surface area contributed by atoms with Gasteiger partial charge in [0, 0.05) is 0 Å². The van der Waals surface area contributed by atoms with Crippen molar-refractivity contribution in [2.45, 2.75) is 57.1 Å². The van der Waals surface area contributed by atoms with Crippen molar-refractivity contribution in [1.29, 1.82) is 0 Å². The van der Waals surface area contributed by atoms with E-state index in [0.717, 1.165) is 0 Å². The van der Waals surface area contributed by atoms with Crippen LogP contribution in [0, 0.1) is 0 Å². The molecule has 0 unspecified atom stereocenters. The minimum absolute atomic E-state index is 0. The molecular weight excluding hydrogens is 755 g/mol. The molecule has 0 aliphatic heterocycles. The summed E-state index contributed by atoms with van der Waals surface area (Å²) in [6, 6.07) is 0. The van der Waals surface area contributed by atoms with Gasteiger partial charge in [-0.05, 0) is 0 Å². The maximum absolute atomic E-state index is 11.2. The van der Waals surface area contributed by atoms with Crippen LogP contribution in [-0.2, 0) is 43.2 Å². The second kappa shape index (κ2) is 40.1. The predicted octanol–water partition coefficient (Wildman–Crippen LogP) is -11.2. The Kier molecular flexibility index (Phi) is 56.8. The zero-order valence-electron chi connectivity index (χ0n) is 26.1. The van der Waals surface area contributed by atoms with E-state index in [1.54, 1.807) is 0 Å². The molecule has 0 saturated carbocycles. The van der Waals surface area contributed by atoms with E-state index >= 15 is 0 Å². The first-order valence-electron chi connectivity index (χ1n) is 10.6. The number of carbonyl (C=O) groups is 9. The zero-order valence-corrected chi connectivity index (χ0v) is 26.1. The third kappa shape index (κ3) is 137. The van der Waals surface area contributed by atoms with Gasteiger partial charge < -0.3 is 61.0 Å². The number of hydrogen-bond acceptors (Lipinski definition) is 12. The Balaban J connectivity index is -0.0000000497. The number of carboxylic acid groups (broad SMARTS) is 9. The largest absolute Gasteiger partial charge is 1.00 e. The number of halogens is 9. The quantitative estimate of drug-likeness (QED) is 0.0687. The molecule has 0 atom stereocenters. The minimum atomic E-state index is -4.35. The molecule has 0 heterocycles. The van der Waals surface area contributed by atoms with Gasteiger partial charge in [-0.2, -0.15) is 39.5 Å². The molecular formula is C18H21BF9Li3O21. The van der Waals surface area contributed by atoms with Gasteiger partial charge in [0.1, 0.15) is 0 Å². The van der Waals surface area contributed by atoms with Gasteiger partial charge in [0.25, 0.3) is 0 Å². The normalized spacial score (nSPS) is 9.00. The molecule has 0 aliphatic carbocycles. The van der Waals surface area contributed by atoms with Crippen molar-refractivity contribution in [2.24, 2.45) is 0 Å². The van der Waals surface area contributed by atoms with Crippen molar-refractivity contribution in [3.05, 3.63) is 0 Å². The molecule has 21 nitrogen and oxygen atoms in total. The number of carboxylic acids is 9. The maximum Gasteiger partial charge on any atom is 1.00 e. The van der Waals surface area contributed by atoms with Crippen molar-refractivity contribution in [2.75, 3.05) is 0 Å². The van der Waals surface area contributed by atoms with Crippen LogP contribution in [0.4, 0.5) is 39.5 Å². The molecule has 34 heteroatoms. The van der Waals surface area contributed by atoms with Gasteiger partial charge in [0.05, 0.1) is 38.5 Å². The van der Waals surface area contributed by atoms with Gasteiger partial charge >= 0.3 is 129 Å². The van der Waals surface area contributed by atoms with Crippen LogP contribution in [0.2, 0.25) is 0 Å². The molecule has 0 aromatic carbocycles. The summed E-state index contributed by atoms with van der Waals surface area (Å²) >= 11 is 0. The molecule has 0 saturated heterocycles. The molecule has 0 amide bonds. The van der Waals surface area contributed by atoms with Crippen LogP contribution in [0.25, 0.3) is 0 Å². The number of aliphatic carboxylic acids is 9. The smallest absolute Gasteiger partial charge is 0.907 e. The van der Waals surface area contributed by atoms with Crippen LogP contribution in [0.1, 0.15) is 38.5 Å². The van der Waals surface area contributed by atoms with Crippen LogP contribution in [0.5, 0.6) is 0 Å². The first kappa shape index (κ1) is 73.7. The van der Waals surface area contributed by atoms with Gasteiger partial charge in [-0.1, -0.05) is 0 Å². The van der Waals surface area contributed by atoms with E-state index in [0.29, 0.717) is 0 Å². The molecule has 0 aliphatic rings. The number of hydrogen-bond donors (Lipinski definition) is 9. The fourth-order valence-electron chi connectivity index (χ4n) is 0.746. The summed E-state index contributed by atoms with van der Waals surface area (Å²) in [6.07, 6.45) is -19.3. The monoisotopic (exact) mass is 776 g/mol. The summed E-state index contributed by atoms with van der Waals surface area (Å²) < 4.78 is 100. The number of rotatable bonds is 6. The average Bonchev–Trinajstić information content (AvgIpc) is 2.85. The fourth-order valence-corrected chi connectivity index (χ4v) is 0.746. The predicted molar refractivity (Wildman–Crippen MR) is 120 cm³/mol. The van der Waals surface area contributed by atoms with Gasteiger partial charge in [-0.25, -0.2) is 28.8 Å². The Bertz CT molecular complexity index is 894. The standard InChI is InChI=1S/3C4H5F3O2.3C2H2O4.BO3.3Li/c3*5-4(6,7)2-1-3(8)9;3*3-1(4)2(5)6;2-1(3)4;;;/h3*1-2H2,(H,8,9);3*(H,3,4)(H,5,6);;;;/q;;;;;;-3;3*+1. The van der Waals surface area contributed by atoms with E-state index < -0.39 is 118 Å². The molecule has 9 N–H and O–H groups in total. The number of alkyl halides is 9. The summed E-state index contributed by atoms with van der Waals surface area (Å²) in [6.45, 7) is 0. The van der Waals surface area contributed by atoms with Gasteiger partial charge in [0.2, 0.25) is 0 Å². The van der Waals surface area contributed by atoms with Crippen LogP contribution >= 0.6 is 0 Å². The molecule has 0 radical (unpaired) electrons. The van der Waals surface area contributed by atoms with Gasteiger partial charge in [-0.3, -0.25) is 21.7 Å². The first-order valence-corrected chi connectivity index (χ1v) is 10.6. The Labute approximate surface area is 317 Å². The van der Waals surface area contributed by atoms with E-state index in [9.17, 15) is 53.9 Å². The molecule has 0 fully saturated rings. The summed E-state index contributed by atoms with van der Waals surface area (Å²) in [5, 5.41) is 92.9. The Hall–Kier alpha value is -3.66. The van der Waals surface area contributed by atoms with E-state index in [1.165, 1.54) is 0 Å². The van der Waals surface area contributed by atoms with Gasteiger partial charge in [-0.15, -0.1) is 0 Å². The molecule has 288 valence electrons. The van der Waals surface area contributed by atoms with Gasteiger partial charge in [0.15, 0.2) is 0 Å². The van der Waals surface area contributed by atoms with E-state index in [1.807, 2.05) is 0 Å². The SMILES string of the molecule is O=C(O)C(=O)O.O=C(O)C(=O)O.O=C(O)C(=O)O.O=C(O)CCC(F)(F)F.O=C(O)CCC(F)(F)F.O=C(O)CCC(F)(F)F.[Li+].[Li+].[Li+].[O-]B([O-])[O-]. The van der Waals surface area contributed by atoms with Crippen LogP contribution in [-0.4, -0.2) is 126 Å². The van der Waals surface area contributed by atoms with Crippen LogP contribution in [0.15, 0.2) is 0 Å². The Morgan fingerprint density at radius 2 is 0.462 bits per heavy atom. The second-order valence-corrected chi connectivity index (χ2v) is 6.65. The summed E-state index contributed by atoms with van der Waals surface area (Å²) in [4.78, 5) is 83.2. The van der Waals surface area contributed by atoms with E-state index in [-0.39, 0.29) is 56.6 Å². The summed E-state index contributed by atoms with van der Waals surface area (Å²) in [5.74, 6) is -15.2.